The van der Waals surface area contributed by atoms with Crippen LogP contribution in [0.25, 0.3) is 22.0 Å². The number of Topliss-reactive ketones (excluding diaryl/α,β-unsaturated/α-hetero) is 1. The van der Waals surface area contributed by atoms with Crippen LogP contribution in [0.4, 0.5) is 5.69 Å². The number of ketones is 1. The third-order valence-electron chi connectivity index (χ3n) is 7.23. The summed E-state index contributed by atoms with van der Waals surface area (Å²) in [6, 6.07) is 12.2. The van der Waals surface area contributed by atoms with Gasteiger partial charge < -0.3 is 15.2 Å². The number of nitrogens with zero attached hydrogens (tertiary/aromatic N) is 1. The number of amides is 2. The minimum absolute atomic E-state index is 0.00426. The van der Waals surface area contributed by atoms with Gasteiger partial charge >= 0.3 is 0 Å². The number of aromatic nitrogens is 1. The Morgan fingerprint density at radius 2 is 1.89 bits per heavy atom. The van der Waals surface area contributed by atoms with Crippen molar-refractivity contribution in [1.82, 2.24) is 9.88 Å². The fourth-order valence-electron chi connectivity index (χ4n) is 5.42. The molecule has 0 atom stereocenters. The van der Waals surface area contributed by atoms with Gasteiger partial charge in [-0.15, -0.1) is 0 Å². The van der Waals surface area contributed by atoms with Crippen molar-refractivity contribution in [3.8, 4) is 11.1 Å². The van der Waals surface area contributed by atoms with Gasteiger partial charge in [-0.2, -0.15) is 0 Å². The normalized spacial score (nSPS) is 15.3. The molecule has 2 aromatic carbocycles. The molecule has 6 nitrogen and oxygen atoms in total. The van der Waals surface area contributed by atoms with E-state index in [-0.39, 0.29) is 30.2 Å². The summed E-state index contributed by atoms with van der Waals surface area (Å²) in [6.45, 7) is 8.53. The van der Waals surface area contributed by atoms with E-state index < -0.39 is 0 Å². The van der Waals surface area contributed by atoms with Gasteiger partial charge in [0.25, 0.3) is 5.91 Å². The van der Waals surface area contributed by atoms with Crippen LogP contribution in [0.15, 0.2) is 65.4 Å². The summed E-state index contributed by atoms with van der Waals surface area (Å²) >= 11 is 0. The number of hydrogen-bond acceptors (Lipinski definition) is 3. The van der Waals surface area contributed by atoms with E-state index >= 15 is 0 Å². The predicted molar refractivity (Wildman–Crippen MR) is 148 cm³/mol. The van der Waals surface area contributed by atoms with Crippen LogP contribution in [-0.2, 0) is 16.0 Å². The first-order valence-electron chi connectivity index (χ1n) is 13.0. The van der Waals surface area contributed by atoms with Crippen LogP contribution >= 0.6 is 0 Å². The Bertz CT molecular complexity index is 1500. The Balaban J connectivity index is 1.53. The molecule has 1 aromatic heterocycles. The first-order chi connectivity index (χ1) is 17.7. The number of rotatable bonds is 7. The van der Waals surface area contributed by atoms with Crippen molar-refractivity contribution in [1.29, 1.82) is 0 Å². The van der Waals surface area contributed by atoms with Gasteiger partial charge in [0.05, 0.1) is 6.42 Å². The van der Waals surface area contributed by atoms with Crippen LogP contribution in [0.1, 0.15) is 68.9 Å². The van der Waals surface area contributed by atoms with E-state index in [1.54, 1.807) is 0 Å². The predicted octanol–water partition coefficient (Wildman–Crippen LogP) is 6.13. The average Bonchev–Trinajstić information content (AvgIpc) is 3.44. The summed E-state index contributed by atoms with van der Waals surface area (Å²) in [5, 5.41) is 6.80. The number of hydrogen-bond donors (Lipinski definition) is 2. The lowest BCUT2D eigenvalue weighted by Crippen LogP contribution is -2.29. The number of benzene rings is 2. The molecule has 3 aromatic rings. The topological polar surface area (TPSA) is 80.2 Å². The SMILES string of the molecule is CCCC1=C(CNC(=O)c2cc(-c3ccc4c(c3)CC(=O)N4)cc3c2ccn3C(C)C)C(=O)CC(C)=C1. The van der Waals surface area contributed by atoms with Gasteiger partial charge in [0.15, 0.2) is 5.78 Å². The van der Waals surface area contributed by atoms with Crippen molar-refractivity contribution < 1.29 is 14.4 Å². The number of carbonyl (C=O) groups excluding carboxylic acids is 3. The molecule has 2 amide bonds. The number of nitrogens with one attached hydrogen (secondary N) is 2. The third kappa shape index (κ3) is 4.76. The molecule has 0 saturated heterocycles. The smallest absolute Gasteiger partial charge is 0.252 e. The summed E-state index contributed by atoms with van der Waals surface area (Å²) in [4.78, 5) is 38.3. The lowest BCUT2D eigenvalue weighted by molar-refractivity contribution is -0.116. The molecule has 2 heterocycles. The summed E-state index contributed by atoms with van der Waals surface area (Å²) < 4.78 is 2.16. The van der Waals surface area contributed by atoms with Crippen LogP contribution < -0.4 is 10.6 Å². The highest BCUT2D eigenvalue weighted by Crippen LogP contribution is 2.34. The monoisotopic (exact) mass is 495 g/mol. The molecule has 0 radical (unpaired) electrons. The van der Waals surface area contributed by atoms with E-state index in [0.717, 1.165) is 57.3 Å². The second-order valence-corrected chi connectivity index (χ2v) is 10.4. The van der Waals surface area contributed by atoms with Crippen molar-refractivity contribution in [2.75, 3.05) is 11.9 Å². The van der Waals surface area contributed by atoms with Crippen LogP contribution in [0.3, 0.4) is 0 Å². The molecule has 2 aliphatic rings. The molecule has 6 heteroatoms. The maximum atomic E-state index is 13.6. The van der Waals surface area contributed by atoms with Gasteiger partial charge in [0.2, 0.25) is 5.91 Å². The van der Waals surface area contributed by atoms with E-state index in [4.69, 9.17) is 0 Å². The van der Waals surface area contributed by atoms with Gasteiger partial charge in [-0.3, -0.25) is 14.4 Å². The van der Waals surface area contributed by atoms with E-state index in [1.807, 2.05) is 43.5 Å². The van der Waals surface area contributed by atoms with Crippen LogP contribution in [0.5, 0.6) is 0 Å². The maximum Gasteiger partial charge on any atom is 0.252 e. The molecule has 0 unspecified atom stereocenters. The Kier molecular flexibility index (Phi) is 6.59. The zero-order valence-electron chi connectivity index (χ0n) is 21.9. The molecule has 0 fully saturated rings. The number of allylic oxidation sites excluding steroid dienone is 3. The fraction of sp³-hybridized carbons (Fsp3) is 0.323. The van der Waals surface area contributed by atoms with Crippen molar-refractivity contribution in [3.63, 3.8) is 0 Å². The Morgan fingerprint density at radius 1 is 1.08 bits per heavy atom. The van der Waals surface area contributed by atoms with E-state index in [9.17, 15) is 14.4 Å². The van der Waals surface area contributed by atoms with Gasteiger partial charge in [-0.05, 0) is 79.8 Å². The van der Waals surface area contributed by atoms with Crippen molar-refractivity contribution >= 4 is 34.2 Å². The Morgan fingerprint density at radius 3 is 2.65 bits per heavy atom. The molecule has 0 bridgehead atoms. The number of anilines is 1. The standard InChI is InChI=1S/C31H33N3O3/c1-5-6-21-11-19(4)12-29(35)26(21)17-32-31(37)25-14-22(15-28-24(25)9-10-34(28)18(2)3)20-7-8-27-23(13-20)16-30(36)33-27/h7-11,13-15,18H,5-6,12,16-17H2,1-4H3,(H,32,37)(H,33,36). The zero-order valence-corrected chi connectivity index (χ0v) is 21.9. The highest BCUT2D eigenvalue weighted by molar-refractivity contribution is 6.09. The fourth-order valence-corrected chi connectivity index (χ4v) is 5.42. The van der Waals surface area contributed by atoms with E-state index in [2.05, 4.69) is 48.1 Å². The number of fused-ring (bicyclic) bond motifs is 2. The molecule has 190 valence electrons. The molecule has 1 aliphatic heterocycles. The van der Waals surface area contributed by atoms with Gasteiger partial charge in [0.1, 0.15) is 0 Å². The van der Waals surface area contributed by atoms with Crippen molar-refractivity contribution in [2.24, 2.45) is 0 Å². The van der Waals surface area contributed by atoms with Crippen LogP contribution in [-0.4, -0.2) is 28.7 Å². The maximum absolute atomic E-state index is 13.6. The number of carbonyl (C=O) groups is 3. The molecule has 0 spiro atoms. The third-order valence-corrected chi connectivity index (χ3v) is 7.23. The zero-order chi connectivity index (χ0) is 26.3. The first kappa shape index (κ1) is 24.8. The quantitative estimate of drug-likeness (QED) is 0.414. The lowest BCUT2D eigenvalue weighted by atomic mass is 9.89. The average molecular weight is 496 g/mol. The van der Waals surface area contributed by atoms with Gasteiger partial charge in [-0.25, -0.2) is 0 Å². The molecule has 0 saturated carbocycles. The van der Waals surface area contributed by atoms with E-state index in [1.165, 1.54) is 0 Å². The summed E-state index contributed by atoms with van der Waals surface area (Å²) in [5.74, 6) is -0.112. The molecule has 37 heavy (non-hydrogen) atoms. The molecular formula is C31H33N3O3. The lowest BCUT2D eigenvalue weighted by Gasteiger charge is -2.19. The summed E-state index contributed by atoms with van der Waals surface area (Å²) in [6.07, 6.45) is 6.64. The second kappa shape index (κ2) is 9.85. The largest absolute Gasteiger partial charge is 0.348 e. The minimum Gasteiger partial charge on any atom is -0.348 e. The molecule has 1 aliphatic carbocycles. The highest BCUT2D eigenvalue weighted by atomic mass is 16.2. The molecule has 5 rings (SSSR count). The Hall–Kier alpha value is -3.93. The Labute approximate surface area is 217 Å². The molecular weight excluding hydrogens is 462 g/mol. The summed E-state index contributed by atoms with van der Waals surface area (Å²) in [5.41, 5.74) is 8.04. The molecule has 2 N–H and O–H groups in total. The van der Waals surface area contributed by atoms with Crippen LogP contribution in [0.2, 0.25) is 0 Å². The minimum atomic E-state index is -0.200. The second-order valence-electron chi connectivity index (χ2n) is 10.4. The highest BCUT2D eigenvalue weighted by Gasteiger charge is 2.23. The van der Waals surface area contributed by atoms with Gasteiger partial charge in [0, 0.05) is 52.9 Å². The summed E-state index contributed by atoms with van der Waals surface area (Å²) in [7, 11) is 0. The van der Waals surface area contributed by atoms with Gasteiger partial charge in [-0.1, -0.05) is 31.1 Å². The van der Waals surface area contributed by atoms with Crippen molar-refractivity contribution in [3.05, 3.63) is 76.5 Å². The van der Waals surface area contributed by atoms with Crippen molar-refractivity contribution in [2.45, 2.75) is 59.4 Å². The van der Waals surface area contributed by atoms with Crippen LogP contribution in [0, 0.1) is 0 Å². The first-order valence-corrected chi connectivity index (χ1v) is 13.0. The van der Waals surface area contributed by atoms with E-state index in [0.29, 0.717) is 24.0 Å².